The molecule has 0 aliphatic carbocycles. The maximum atomic E-state index is 12.5. The highest BCUT2D eigenvalue weighted by atomic mass is 32.2. The average Bonchev–Trinajstić information content (AvgIpc) is 3.52. The summed E-state index contributed by atoms with van der Waals surface area (Å²) in [6, 6.07) is 10.9. The summed E-state index contributed by atoms with van der Waals surface area (Å²) in [5.74, 6) is 1.62. The van der Waals surface area contributed by atoms with Crippen LogP contribution < -0.4 is 15.0 Å². The van der Waals surface area contributed by atoms with Gasteiger partial charge in [0.05, 0.1) is 6.26 Å². The van der Waals surface area contributed by atoms with Gasteiger partial charge < -0.3 is 24.3 Å². The Balaban J connectivity index is 1.38. The Kier molecular flexibility index (Phi) is 6.69. The molecule has 4 heterocycles. The smallest absolute Gasteiger partial charge is 0.463 e. The number of anilines is 3. The van der Waals surface area contributed by atoms with Crippen molar-refractivity contribution in [3.63, 3.8) is 0 Å². The van der Waals surface area contributed by atoms with Gasteiger partial charge in [0.1, 0.15) is 11.4 Å². The fraction of sp³-hybridized carbons (Fsp3) is 0.273. The predicted octanol–water partition coefficient (Wildman–Crippen LogP) is 4.40. The van der Waals surface area contributed by atoms with Crippen molar-refractivity contribution < 1.29 is 22.3 Å². The van der Waals surface area contributed by atoms with Gasteiger partial charge in [0.25, 0.3) is 0 Å². The summed E-state index contributed by atoms with van der Waals surface area (Å²) < 4.78 is 46.7. The van der Waals surface area contributed by atoms with Crippen molar-refractivity contribution in [1.29, 1.82) is 0 Å². The number of alkyl halides is 3. The van der Waals surface area contributed by atoms with Crippen LogP contribution in [0.25, 0.3) is 11.5 Å². The average molecular weight is 519 g/mol. The molecular weight excluding hydrogens is 497 g/mol. The van der Waals surface area contributed by atoms with Crippen LogP contribution in [0.3, 0.4) is 0 Å². The molecule has 0 spiro atoms. The number of benzene rings is 1. The first-order valence-corrected chi connectivity index (χ1v) is 11.7. The summed E-state index contributed by atoms with van der Waals surface area (Å²) in [7, 11) is 2.05. The molecule has 36 heavy (non-hydrogen) atoms. The van der Waals surface area contributed by atoms with E-state index in [-0.39, 0.29) is 11.7 Å². The van der Waals surface area contributed by atoms with E-state index < -0.39 is 6.36 Å². The zero-order chi connectivity index (χ0) is 25.1. The van der Waals surface area contributed by atoms with E-state index in [1.807, 2.05) is 6.07 Å². The van der Waals surface area contributed by atoms with Gasteiger partial charge >= 0.3 is 6.36 Å². The molecule has 0 amide bonds. The zero-order valence-corrected chi connectivity index (χ0v) is 19.8. The van der Waals surface area contributed by atoms with Crippen LogP contribution in [-0.2, 0) is 0 Å². The lowest BCUT2D eigenvalue weighted by Gasteiger charge is -2.32. The highest BCUT2D eigenvalue weighted by molar-refractivity contribution is 7.99. The SMILES string of the molecule is CN1CCN(c2nc(Nc3cc(-c4ccco4)[nH]n3)nc(Sc3ccc(OC(F)(F)F)cc3)n2)CC1. The van der Waals surface area contributed by atoms with Crippen molar-refractivity contribution in [3.8, 4) is 17.2 Å². The second-order valence-electron chi connectivity index (χ2n) is 7.92. The molecule has 10 nitrogen and oxygen atoms in total. The number of nitrogens with zero attached hydrogens (tertiary/aromatic N) is 6. The number of likely N-dealkylation sites (N-methyl/N-ethyl adjacent to an activating group) is 1. The number of ether oxygens (including phenoxy) is 1. The molecule has 0 bridgehead atoms. The van der Waals surface area contributed by atoms with Crippen LogP contribution in [0, 0.1) is 0 Å². The first-order chi connectivity index (χ1) is 17.3. The number of aromatic nitrogens is 5. The fourth-order valence-electron chi connectivity index (χ4n) is 3.47. The van der Waals surface area contributed by atoms with E-state index >= 15 is 0 Å². The van der Waals surface area contributed by atoms with Crippen LogP contribution in [0.2, 0.25) is 0 Å². The molecule has 3 aromatic heterocycles. The third kappa shape index (κ3) is 6.07. The second-order valence-corrected chi connectivity index (χ2v) is 8.96. The van der Waals surface area contributed by atoms with Crippen LogP contribution in [0.4, 0.5) is 30.9 Å². The fourth-order valence-corrected chi connectivity index (χ4v) is 4.21. The van der Waals surface area contributed by atoms with Crippen molar-refractivity contribution in [2.75, 3.05) is 43.4 Å². The minimum Gasteiger partial charge on any atom is -0.463 e. The molecule has 5 rings (SSSR count). The van der Waals surface area contributed by atoms with Gasteiger partial charge in [-0.2, -0.15) is 20.1 Å². The number of hydrogen-bond donors (Lipinski definition) is 2. The Morgan fingerprint density at radius 2 is 1.83 bits per heavy atom. The molecule has 0 saturated carbocycles. The molecule has 1 saturated heterocycles. The maximum Gasteiger partial charge on any atom is 0.573 e. The van der Waals surface area contributed by atoms with Gasteiger partial charge in [0.15, 0.2) is 16.7 Å². The van der Waals surface area contributed by atoms with E-state index in [1.54, 1.807) is 18.4 Å². The largest absolute Gasteiger partial charge is 0.573 e. The topological polar surface area (TPSA) is 108 Å². The minimum absolute atomic E-state index is 0.288. The standard InChI is InChI=1S/C22H21F3N8O2S/c1-32-8-10-33(11-9-32)20-27-19(26-18-13-16(30-31-18)17-3-2-12-34-17)28-21(29-20)36-15-6-4-14(5-7-15)35-22(23,24)25/h2-7,12-13H,8-11H2,1H3,(H2,26,27,28,29,30,31). The third-order valence-electron chi connectivity index (χ3n) is 5.26. The summed E-state index contributed by atoms with van der Waals surface area (Å²) in [4.78, 5) is 18.6. The number of aromatic amines is 1. The quantitative estimate of drug-likeness (QED) is 0.365. The molecule has 4 aromatic rings. The van der Waals surface area contributed by atoms with Gasteiger partial charge in [-0.25, -0.2) is 0 Å². The highest BCUT2D eigenvalue weighted by Crippen LogP contribution is 2.31. The molecule has 2 N–H and O–H groups in total. The lowest BCUT2D eigenvalue weighted by Crippen LogP contribution is -2.45. The zero-order valence-electron chi connectivity index (χ0n) is 19.0. The highest BCUT2D eigenvalue weighted by Gasteiger charge is 2.31. The minimum atomic E-state index is -4.75. The number of rotatable bonds is 7. The monoisotopic (exact) mass is 518 g/mol. The molecule has 0 atom stereocenters. The van der Waals surface area contributed by atoms with Crippen molar-refractivity contribution >= 4 is 29.5 Å². The first-order valence-electron chi connectivity index (χ1n) is 10.9. The van der Waals surface area contributed by atoms with E-state index in [2.05, 4.69) is 52.1 Å². The van der Waals surface area contributed by atoms with Crippen molar-refractivity contribution in [3.05, 3.63) is 48.7 Å². The van der Waals surface area contributed by atoms with E-state index in [0.29, 0.717) is 33.3 Å². The van der Waals surface area contributed by atoms with E-state index in [9.17, 15) is 13.2 Å². The van der Waals surface area contributed by atoms with Crippen molar-refractivity contribution in [2.24, 2.45) is 0 Å². The normalized spacial score (nSPS) is 14.7. The van der Waals surface area contributed by atoms with Crippen LogP contribution >= 0.6 is 11.8 Å². The van der Waals surface area contributed by atoms with Crippen LogP contribution in [0.15, 0.2) is 63.2 Å². The van der Waals surface area contributed by atoms with Gasteiger partial charge in [-0.3, -0.25) is 5.10 Å². The van der Waals surface area contributed by atoms with Crippen molar-refractivity contribution in [1.82, 2.24) is 30.0 Å². The van der Waals surface area contributed by atoms with E-state index in [1.165, 1.54) is 36.0 Å². The Morgan fingerprint density at radius 3 is 2.53 bits per heavy atom. The number of piperazine rings is 1. The lowest BCUT2D eigenvalue weighted by atomic mass is 10.3. The molecule has 1 aliphatic heterocycles. The Labute approximate surface area is 207 Å². The number of hydrogen-bond acceptors (Lipinski definition) is 10. The van der Waals surface area contributed by atoms with Crippen LogP contribution in [0.1, 0.15) is 0 Å². The van der Waals surface area contributed by atoms with Crippen LogP contribution in [-0.4, -0.2) is 69.6 Å². The predicted molar refractivity (Wildman–Crippen MR) is 126 cm³/mol. The Morgan fingerprint density at radius 1 is 1.06 bits per heavy atom. The summed E-state index contributed by atoms with van der Waals surface area (Å²) >= 11 is 1.20. The van der Waals surface area contributed by atoms with Crippen molar-refractivity contribution in [2.45, 2.75) is 16.4 Å². The van der Waals surface area contributed by atoms with E-state index in [4.69, 9.17) is 4.42 Å². The summed E-state index contributed by atoms with van der Waals surface area (Å²) in [6.45, 7) is 3.23. The molecular formula is C22H21F3N8O2S. The Hall–Kier alpha value is -3.78. The lowest BCUT2D eigenvalue weighted by molar-refractivity contribution is -0.274. The number of halogens is 3. The maximum absolute atomic E-state index is 12.5. The van der Waals surface area contributed by atoms with Crippen LogP contribution in [0.5, 0.6) is 5.75 Å². The van der Waals surface area contributed by atoms with Gasteiger partial charge in [-0.1, -0.05) is 0 Å². The molecule has 188 valence electrons. The second kappa shape index (κ2) is 10.1. The molecule has 1 fully saturated rings. The molecule has 1 aliphatic rings. The van der Waals surface area contributed by atoms with Gasteiger partial charge in [-0.15, -0.1) is 13.2 Å². The third-order valence-corrected chi connectivity index (χ3v) is 6.13. The van der Waals surface area contributed by atoms with E-state index in [0.717, 1.165) is 26.2 Å². The molecule has 1 aromatic carbocycles. The number of H-pyrrole nitrogens is 1. The molecule has 0 unspecified atom stereocenters. The molecule has 14 heteroatoms. The summed E-state index contributed by atoms with van der Waals surface area (Å²) in [5, 5.41) is 10.6. The summed E-state index contributed by atoms with van der Waals surface area (Å²) in [5.41, 5.74) is 0.687. The summed E-state index contributed by atoms with van der Waals surface area (Å²) in [6.07, 6.45) is -3.17. The number of nitrogens with one attached hydrogen (secondary N) is 2. The molecule has 0 radical (unpaired) electrons. The van der Waals surface area contributed by atoms with Gasteiger partial charge in [0.2, 0.25) is 11.9 Å². The Bertz CT molecular complexity index is 1290. The number of furan rings is 1. The van der Waals surface area contributed by atoms with Gasteiger partial charge in [0, 0.05) is 37.1 Å². The van der Waals surface area contributed by atoms with Gasteiger partial charge in [-0.05, 0) is 55.2 Å². The first kappa shape index (κ1) is 23.9.